The van der Waals surface area contributed by atoms with E-state index < -0.39 is 5.97 Å². The third-order valence-corrected chi connectivity index (χ3v) is 5.46. The van der Waals surface area contributed by atoms with Gasteiger partial charge in [0.05, 0.1) is 5.69 Å². The second-order valence-electron chi connectivity index (χ2n) is 5.95. The van der Waals surface area contributed by atoms with Crippen LogP contribution in [0.5, 0.6) is 0 Å². The Morgan fingerprint density at radius 2 is 2.25 bits per heavy atom. The molecule has 1 saturated carbocycles. The summed E-state index contributed by atoms with van der Waals surface area (Å²) in [5.74, 6) is -0.448. The SMILES string of the molecule is CN(CC1CCCN1C)c1nc(C2CC2)c(C(=O)O)s1. The van der Waals surface area contributed by atoms with E-state index in [4.69, 9.17) is 0 Å². The van der Waals surface area contributed by atoms with Crippen LogP contribution in [0.3, 0.4) is 0 Å². The van der Waals surface area contributed by atoms with Crippen molar-refractivity contribution in [1.82, 2.24) is 9.88 Å². The molecule has 110 valence electrons. The highest BCUT2D eigenvalue weighted by Gasteiger charge is 2.33. The van der Waals surface area contributed by atoms with Crippen LogP contribution in [0.15, 0.2) is 0 Å². The molecular weight excluding hydrogens is 274 g/mol. The van der Waals surface area contributed by atoms with E-state index in [1.54, 1.807) is 0 Å². The molecular formula is C14H21N3O2S. The third-order valence-electron chi connectivity index (χ3n) is 4.28. The summed E-state index contributed by atoms with van der Waals surface area (Å²) in [6.45, 7) is 2.08. The fourth-order valence-electron chi connectivity index (χ4n) is 2.87. The number of carboxylic acid groups (broad SMARTS) is 1. The van der Waals surface area contributed by atoms with Crippen LogP contribution < -0.4 is 4.90 Å². The van der Waals surface area contributed by atoms with Crippen LogP contribution in [-0.2, 0) is 0 Å². The Kier molecular flexibility index (Phi) is 3.69. The first-order valence-corrected chi connectivity index (χ1v) is 8.03. The van der Waals surface area contributed by atoms with E-state index in [0.717, 1.165) is 36.8 Å². The lowest BCUT2D eigenvalue weighted by atomic mass is 10.2. The quantitative estimate of drug-likeness (QED) is 0.903. The molecule has 2 fully saturated rings. The lowest BCUT2D eigenvalue weighted by Gasteiger charge is -2.25. The molecule has 0 spiro atoms. The smallest absolute Gasteiger partial charge is 0.347 e. The van der Waals surface area contributed by atoms with Crippen molar-refractivity contribution in [2.24, 2.45) is 0 Å². The van der Waals surface area contributed by atoms with Gasteiger partial charge >= 0.3 is 5.97 Å². The van der Waals surface area contributed by atoms with Crippen LogP contribution in [0.25, 0.3) is 0 Å². The molecule has 1 atom stereocenters. The van der Waals surface area contributed by atoms with Gasteiger partial charge in [-0.3, -0.25) is 0 Å². The number of likely N-dealkylation sites (tertiary alicyclic amines) is 1. The summed E-state index contributed by atoms with van der Waals surface area (Å²) < 4.78 is 0. The molecule has 20 heavy (non-hydrogen) atoms. The van der Waals surface area contributed by atoms with Crippen molar-refractivity contribution in [1.29, 1.82) is 0 Å². The monoisotopic (exact) mass is 295 g/mol. The fourth-order valence-corrected chi connectivity index (χ4v) is 3.84. The molecule has 0 aromatic carbocycles. The Hall–Kier alpha value is -1.14. The minimum atomic E-state index is -0.831. The van der Waals surface area contributed by atoms with E-state index in [2.05, 4.69) is 21.8 Å². The van der Waals surface area contributed by atoms with Crippen molar-refractivity contribution in [3.63, 3.8) is 0 Å². The molecule has 1 N–H and O–H groups in total. The van der Waals surface area contributed by atoms with Crippen LogP contribution in [0, 0.1) is 0 Å². The molecule has 3 rings (SSSR count). The predicted molar refractivity (Wildman–Crippen MR) is 80.0 cm³/mol. The summed E-state index contributed by atoms with van der Waals surface area (Å²) in [7, 11) is 4.18. The van der Waals surface area contributed by atoms with Crippen molar-refractivity contribution in [3.05, 3.63) is 10.6 Å². The number of hydrogen-bond donors (Lipinski definition) is 1. The Morgan fingerprint density at radius 1 is 1.50 bits per heavy atom. The van der Waals surface area contributed by atoms with Gasteiger partial charge < -0.3 is 14.9 Å². The van der Waals surface area contributed by atoms with Gasteiger partial charge in [0, 0.05) is 25.6 Å². The number of rotatable bonds is 5. The minimum absolute atomic E-state index is 0.383. The number of aromatic nitrogens is 1. The topological polar surface area (TPSA) is 56.7 Å². The van der Waals surface area contributed by atoms with Crippen molar-refractivity contribution < 1.29 is 9.90 Å². The van der Waals surface area contributed by atoms with Gasteiger partial charge in [0.2, 0.25) is 0 Å². The molecule has 1 saturated heterocycles. The zero-order chi connectivity index (χ0) is 14.3. The first-order valence-electron chi connectivity index (χ1n) is 7.21. The number of thiazole rings is 1. The highest BCUT2D eigenvalue weighted by Crippen LogP contribution is 2.44. The molecule has 1 aliphatic carbocycles. The summed E-state index contributed by atoms with van der Waals surface area (Å²) >= 11 is 1.33. The lowest BCUT2D eigenvalue weighted by molar-refractivity contribution is 0.0700. The molecule has 1 aliphatic heterocycles. The summed E-state index contributed by atoms with van der Waals surface area (Å²) in [6.07, 6.45) is 4.63. The number of anilines is 1. The van der Waals surface area contributed by atoms with E-state index in [1.807, 2.05) is 7.05 Å². The molecule has 1 aromatic rings. The van der Waals surface area contributed by atoms with Gasteiger partial charge in [-0.1, -0.05) is 11.3 Å². The van der Waals surface area contributed by atoms with Gasteiger partial charge in [0.15, 0.2) is 5.13 Å². The number of hydrogen-bond acceptors (Lipinski definition) is 5. The molecule has 1 unspecified atom stereocenters. The fraction of sp³-hybridized carbons (Fsp3) is 0.714. The number of likely N-dealkylation sites (N-methyl/N-ethyl adjacent to an activating group) is 2. The molecule has 0 bridgehead atoms. The van der Waals surface area contributed by atoms with Crippen molar-refractivity contribution >= 4 is 22.4 Å². The molecule has 2 aliphatic rings. The second-order valence-corrected chi connectivity index (χ2v) is 6.92. The number of carboxylic acids is 1. The maximum absolute atomic E-state index is 11.3. The van der Waals surface area contributed by atoms with E-state index >= 15 is 0 Å². The van der Waals surface area contributed by atoms with Crippen molar-refractivity contribution in [2.75, 3.05) is 32.1 Å². The van der Waals surface area contributed by atoms with Crippen LogP contribution >= 0.6 is 11.3 Å². The van der Waals surface area contributed by atoms with Crippen LogP contribution in [-0.4, -0.2) is 54.2 Å². The Labute approximate surface area is 123 Å². The summed E-state index contributed by atoms with van der Waals surface area (Å²) in [6, 6.07) is 0.557. The first-order chi connectivity index (χ1) is 9.56. The van der Waals surface area contributed by atoms with E-state index in [1.165, 1.54) is 24.2 Å². The van der Waals surface area contributed by atoms with Gasteiger partial charge in [0.1, 0.15) is 4.88 Å². The summed E-state index contributed by atoms with van der Waals surface area (Å²) in [4.78, 5) is 20.9. The zero-order valence-electron chi connectivity index (χ0n) is 12.0. The maximum atomic E-state index is 11.3. The van der Waals surface area contributed by atoms with E-state index in [0.29, 0.717) is 16.8 Å². The van der Waals surface area contributed by atoms with Gasteiger partial charge in [-0.05, 0) is 39.3 Å². The van der Waals surface area contributed by atoms with E-state index in [9.17, 15) is 9.90 Å². The van der Waals surface area contributed by atoms with Gasteiger partial charge in [-0.25, -0.2) is 9.78 Å². The second kappa shape index (κ2) is 5.33. The van der Waals surface area contributed by atoms with Crippen LogP contribution in [0.1, 0.15) is 47.0 Å². The van der Waals surface area contributed by atoms with Crippen LogP contribution in [0.2, 0.25) is 0 Å². The maximum Gasteiger partial charge on any atom is 0.347 e. The summed E-state index contributed by atoms with van der Waals surface area (Å²) in [5, 5.41) is 10.2. The van der Waals surface area contributed by atoms with Crippen molar-refractivity contribution in [2.45, 2.75) is 37.6 Å². The molecule has 2 heterocycles. The number of nitrogens with zero attached hydrogens (tertiary/aromatic N) is 3. The Balaban J connectivity index is 1.75. The third kappa shape index (κ3) is 2.67. The molecule has 6 heteroatoms. The van der Waals surface area contributed by atoms with Crippen LogP contribution in [0.4, 0.5) is 5.13 Å². The minimum Gasteiger partial charge on any atom is -0.477 e. The Bertz CT molecular complexity index is 513. The highest BCUT2D eigenvalue weighted by molar-refractivity contribution is 7.17. The predicted octanol–water partition coefficient (Wildman–Crippen LogP) is 2.25. The molecule has 5 nitrogen and oxygen atoms in total. The van der Waals surface area contributed by atoms with Gasteiger partial charge in [0.25, 0.3) is 0 Å². The standard InChI is InChI=1S/C14H21N3O2S/c1-16-7-3-4-10(16)8-17(2)14-15-11(9-5-6-9)12(20-14)13(18)19/h9-10H,3-8H2,1-2H3,(H,18,19). The largest absolute Gasteiger partial charge is 0.477 e. The Morgan fingerprint density at radius 3 is 2.80 bits per heavy atom. The zero-order valence-corrected chi connectivity index (χ0v) is 12.8. The number of aromatic carboxylic acids is 1. The number of carbonyl (C=O) groups is 1. The summed E-state index contributed by atoms with van der Waals surface area (Å²) in [5.41, 5.74) is 0.809. The first kappa shape index (κ1) is 13.8. The van der Waals surface area contributed by atoms with E-state index in [-0.39, 0.29) is 0 Å². The van der Waals surface area contributed by atoms with Gasteiger partial charge in [-0.15, -0.1) is 0 Å². The molecule has 1 aromatic heterocycles. The highest BCUT2D eigenvalue weighted by atomic mass is 32.1. The van der Waals surface area contributed by atoms with Gasteiger partial charge in [-0.2, -0.15) is 0 Å². The molecule has 0 amide bonds. The average Bonchev–Trinajstić information content (AvgIpc) is 3.02. The lowest BCUT2D eigenvalue weighted by Crippen LogP contribution is -2.36. The molecule has 0 radical (unpaired) electrons. The van der Waals surface area contributed by atoms with Crippen molar-refractivity contribution in [3.8, 4) is 0 Å². The normalized spacial score (nSPS) is 23.2. The average molecular weight is 295 g/mol.